The first-order valence-corrected chi connectivity index (χ1v) is 7.86. The third kappa shape index (κ3) is 3.11. The van der Waals surface area contributed by atoms with Crippen LogP contribution in [0.1, 0.15) is 43.2 Å². The number of benzene rings is 1. The molecule has 1 aliphatic heterocycles. The highest BCUT2D eigenvalue weighted by Crippen LogP contribution is 2.29. The van der Waals surface area contributed by atoms with Gasteiger partial charge in [-0.15, -0.1) is 0 Å². The van der Waals surface area contributed by atoms with E-state index < -0.39 is 0 Å². The van der Waals surface area contributed by atoms with Crippen molar-refractivity contribution in [1.82, 2.24) is 5.32 Å². The van der Waals surface area contributed by atoms with Gasteiger partial charge in [0.25, 0.3) is 0 Å². The van der Waals surface area contributed by atoms with Crippen LogP contribution in [-0.4, -0.2) is 20.1 Å². The molecule has 1 N–H and O–H groups in total. The van der Waals surface area contributed by atoms with Gasteiger partial charge in [0.15, 0.2) is 0 Å². The fourth-order valence-electron chi connectivity index (χ4n) is 3.27. The van der Waals surface area contributed by atoms with Gasteiger partial charge in [-0.25, -0.2) is 0 Å². The van der Waals surface area contributed by atoms with Gasteiger partial charge in [0.1, 0.15) is 0 Å². The first-order chi connectivity index (χ1) is 9.33. The molecule has 0 amide bonds. The van der Waals surface area contributed by atoms with Crippen LogP contribution in [0.5, 0.6) is 0 Å². The molecular weight excluding hydrogens is 232 g/mol. The summed E-state index contributed by atoms with van der Waals surface area (Å²) in [6, 6.07) is 7.00. The number of hydrogen-bond acceptors (Lipinski definition) is 2. The van der Waals surface area contributed by atoms with Crippen molar-refractivity contribution in [2.75, 3.05) is 25.0 Å². The molecule has 0 aromatic heterocycles. The molecule has 0 atom stereocenters. The van der Waals surface area contributed by atoms with Gasteiger partial charge in [-0.3, -0.25) is 0 Å². The number of fused-ring (bicyclic) bond motifs is 1. The summed E-state index contributed by atoms with van der Waals surface area (Å²) >= 11 is 0. The first-order valence-electron chi connectivity index (χ1n) is 7.86. The smallest absolute Gasteiger partial charge is 0.0396 e. The molecule has 1 heterocycles. The van der Waals surface area contributed by atoms with Gasteiger partial charge in [0.2, 0.25) is 0 Å². The minimum absolute atomic E-state index is 1.02. The quantitative estimate of drug-likeness (QED) is 0.815. The molecule has 1 aromatic rings. The maximum atomic E-state index is 3.61. The van der Waals surface area contributed by atoms with Gasteiger partial charge in [-0.2, -0.15) is 0 Å². The van der Waals surface area contributed by atoms with Crippen LogP contribution < -0.4 is 10.2 Å². The molecule has 0 bridgehead atoms. The van der Waals surface area contributed by atoms with E-state index in [1.54, 1.807) is 0 Å². The molecule has 2 nitrogen and oxygen atoms in total. The van der Waals surface area contributed by atoms with Crippen LogP contribution in [-0.2, 0) is 13.0 Å². The van der Waals surface area contributed by atoms with E-state index in [1.807, 2.05) is 0 Å². The summed E-state index contributed by atoms with van der Waals surface area (Å²) in [6.45, 7) is 3.41. The second-order valence-electron chi connectivity index (χ2n) is 6.25. The van der Waals surface area contributed by atoms with E-state index >= 15 is 0 Å². The Morgan fingerprint density at radius 3 is 2.95 bits per heavy atom. The van der Waals surface area contributed by atoms with Crippen molar-refractivity contribution < 1.29 is 0 Å². The van der Waals surface area contributed by atoms with Crippen molar-refractivity contribution in [3.63, 3.8) is 0 Å². The summed E-state index contributed by atoms with van der Waals surface area (Å²) in [6.07, 6.45) is 8.30. The molecule has 2 heteroatoms. The summed E-state index contributed by atoms with van der Waals surface area (Å²) < 4.78 is 0. The maximum Gasteiger partial charge on any atom is 0.0396 e. The van der Waals surface area contributed by atoms with Crippen molar-refractivity contribution in [2.45, 2.75) is 45.1 Å². The molecule has 1 saturated carbocycles. The average molecular weight is 258 g/mol. The van der Waals surface area contributed by atoms with Crippen LogP contribution in [0.25, 0.3) is 0 Å². The molecule has 0 radical (unpaired) electrons. The maximum absolute atomic E-state index is 3.61. The predicted molar refractivity (Wildman–Crippen MR) is 81.7 cm³/mol. The van der Waals surface area contributed by atoms with E-state index in [9.17, 15) is 0 Å². The molecule has 2 aliphatic rings. The summed E-state index contributed by atoms with van der Waals surface area (Å²) in [5.41, 5.74) is 4.42. The lowest BCUT2D eigenvalue weighted by atomic mass is 9.83. The van der Waals surface area contributed by atoms with Crippen LogP contribution in [0.3, 0.4) is 0 Å². The minimum atomic E-state index is 1.02. The van der Waals surface area contributed by atoms with Crippen LogP contribution in [0.2, 0.25) is 0 Å². The lowest BCUT2D eigenvalue weighted by Gasteiger charge is -2.28. The summed E-state index contributed by atoms with van der Waals surface area (Å²) in [5, 5.41) is 3.61. The molecule has 1 aliphatic carbocycles. The van der Waals surface area contributed by atoms with E-state index in [1.165, 1.54) is 68.4 Å². The van der Waals surface area contributed by atoms with E-state index in [-0.39, 0.29) is 0 Å². The minimum Gasteiger partial charge on any atom is -0.374 e. The normalized spacial score (nSPS) is 19.1. The number of nitrogens with zero attached hydrogens (tertiary/aromatic N) is 1. The monoisotopic (exact) mass is 258 g/mol. The SMILES string of the molecule is CN1CCCc2cc(CNCCC3CCC3)ccc21. The number of hydrogen-bond donors (Lipinski definition) is 1. The van der Waals surface area contributed by atoms with Gasteiger partial charge in [-0.05, 0) is 48.9 Å². The van der Waals surface area contributed by atoms with E-state index in [0.29, 0.717) is 0 Å². The molecular formula is C17H26N2. The lowest BCUT2D eigenvalue weighted by Crippen LogP contribution is -2.25. The van der Waals surface area contributed by atoms with Crippen LogP contribution in [0, 0.1) is 5.92 Å². The molecule has 1 aromatic carbocycles. The van der Waals surface area contributed by atoms with Crippen LogP contribution in [0.4, 0.5) is 5.69 Å². The average Bonchev–Trinajstić information content (AvgIpc) is 2.36. The summed E-state index contributed by atoms with van der Waals surface area (Å²) in [5.74, 6) is 1.02. The van der Waals surface area contributed by atoms with Crippen molar-refractivity contribution in [1.29, 1.82) is 0 Å². The Kier molecular flexibility index (Phi) is 4.07. The Bertz CT molecular complexity index is 423. The molecule has 0 saturated heterocycles. The fraction of sp³-hybridized carbons (Fsp3) is 0.647. The Morgan fingerprint density at radius 2 is 2.16 bits per heavy atom. The summed E-state index contributed by atoms with van der Waals surface area (Å²) in [7, 11) is 2.20. The fourth-order valence-corrected chi connectivity index (χ4v) is 3.27. The van der Waals surface area contributed by atoms with Gasteiger partial charge >= 0.3 is 0 Å². The zero-order valence-electron chi connectivity index (χ0n) is 12.1. The van der Waals surface area contributed by atoms with Crippen LogP contribution in [0.15, 0.2) is 18.2 Å². The van der Waals surface area contributed by atoms with E-state index in [0.717, 1.165) is 12.5 Å². The second-order valence-corrected chi connectivity index (χ2v) is 6.25. The standard InChI is InChI=1S/C17H26N2/c1-19-11-3-6-16-12-15(7-8-17(16)19)13-18-10-9-14-4-2-5-14/h7-8,12,14,18H,2-6,9-11,13H2,1H3. The topological polar surface area (TPSA) is 15.3 Å². The van der Waals surface area contributed by atoms with E-state index in [4.69, 9.17) is 0 Å². The summed E-state index contributed by atoms with van der Waals surface area (Å²) in [4.78, 5) is 2.38. The van der Waals surface area contributed by atoms with Gasteiger partial charge in [0.05, 0.1) is 0 Å². The van der Waals surface area contributed by atoms with Crippen molar-refractivity contribution in [3.8, 4) is 0 Å². The largest absolute Gasteiger partial charge is 0.374 e. The van der Waals surface area contributed by atoms with Crippen molar-refractivity contribution >= 4 is 5.69 Å². The molecule has 3 rings (SSSR count). The number of aryl methyl sites for hydroxylation is 1. The lowest BCUT2D eigenvalue weighted by molar-refractivity contribution is 0.292. The molecule has 1 fully saturated rings. The molecule has 104 valence electrons. The number of nitrogens with one attached hydrogen (secondary N) is 1. The van der Waals surface area contributed by atoms with E-state index in [2.05, 4.69) is 35.5 Å². The third-order valence-electron chi connectivity index (χ3n) is 4.78. The molecule has 0 spiro atoms. The van der Waals surface area contributed by atoms with Crippen molar-refractivity contribution in [3.05, 3.63) is 29.3 Å². The Balaban J connectivity index is 1.50. The Labute approximate surface area is 117 Å². The highest BCUT2D eigenvalue weighted by molar-refractivity contribution is 5.56. The highest BCUT2D eigenvalue weighted by atomic mass is 15.1. The van der Waals surface area contributed by atoms with Gasteiger partial charge < -0.3 is 10.2 Å². The molecule has 19 heavy (non-hydrogen) atoms. The third-order valence-corrected chi connectivity index (χ3v) is 4.78. The van der Waals surface area contributed by atoms with Gasteiger partial charge in [-0.1, -0.05) is 31.4 Å². The Morgan fingerprint density at radius 1 is 1.26 bits per heavy atom. The number of anilines is 1. The highest BCUT2D eigenvalue weighted by Gasteiger charge is 2.16. The predicted octanol–water partition coefficient (Wildman–Crippen LogP) is 3.35. The van der Waals surface area contributed by atoms with Crippen LogP contribution >= 0.6 is 0 Å². The van der Waals surface area contributed by atoms with Gasteiger partial charge in [0, 0.05) is 25.8 Å². The van der Waals surface area contributed by atoms with Crippen molar-refractivity contribution in [2.24, 2.45) is 5.92 Å². The molecule has 0 unspecified atom stereocenters. The number of rotatable bonds is 5. The second kappa shape index (κ2) is 5.96. The zero-order chi connectivity index (χ0) is 13.1. The zero-order valence-corrected chi connectivity index (χ0v) is 12.1. The first kappa shape index (κ1) is 13.0. The Hall–Kier alpha value is -1.02.